The van der Waals surface area contributed by atoms with Crippen molar-refractivity contribution in [2.75, 3.05) is 5.33 Å². The van der Waals surface area contributed by atoms with Crippen LogP contribution in [0.4, 0.5) is 0 Å². The zero-order valence-corrected chi connectivity index (χ0v) is 7.65. The van der Waals surface area contributed by atoms with Gasteiger partial charge in [0.2, 0.25) is 5.91 Å². The fourth-order valence-corrected chi connectivity index (χ4v) is 1.25. The van der Waals surface area contributed by atoms with Crippen molar-refractivity contribution in [1.29, 1.82) is 0 Å². The van der Waals surface area contributed by atoms with E-state index in [1.807, 2.05) is 0 Å². The van der Waals surface area contributed by atoms with Crippen molar-refractivity contribution < 1.29 is 4.79 Å². The van der Waals surface area contributed by atoms with E-state index in [-0.39, 0.29) is 5.91 Å². The van der Waals surface area contributed by atoms with Gasteiger partial charge in [-0.25, -0.2) is 0 Å². The van der Waals surface area contributed by atoms with E-state index in [9.17, 15) is 4.79 Å². The molecule has 1 aliphatic carbocycles. The summed E-state index contributed by atoms with van der Waals surface area (Å²) in [6, 6.07) is 0.478. The quantitative estimate of drug-likeness (QED) is 0.692. The SMILES string of the molecule is CC1CC1NC(=O)CCBr. The Kier molecular flexibility index (Phi) is 2.72. The summed E-state index contributed by atoms with van der Waals surface area (Å²) in [5, 5.41) is 3.70. The van der Waals surface area contributed by atoms with Crippen molar-refractivity contribution in [2.24, 2.45) is 5.92 Å². The Hall–Kier alpha value is -0.0500. The molecule has 58 valence electrons. The van der Waals surface area contributed by atoms with E-state index in [0.29, 0.717) is 18.4 Å². The highest BCUT2D eigenvalue weighted by molar-refractivity contribution is 9.09. The van der Waals surface area contributed by atoms with Gasteiger partial charge in [0.1, 0.15) is 0 Å². The molecule has 0 bridgehead atoms. The highest BCUT2D eigenvalue weighted by Gasteiger charge is 2.33. The highest BCUT2D eigenvalue weighted by Crippen LogP contribution is 2.28. The second-order valence-electron chi connectivity index (χ2n) is 2.83. The molecule has 0 radical (unpaired) electrons. The van der Waals surface area contributed by atoms with Gasteiger partial charge in [-0.15, -0.1) is 0 Å². The maximum atomic E-state index is 10.9. The van der Waals surface area contributed by atoms with E-state index >= 15 is 0 Å². The van der Waals surface area contributed by atoms with Crippen LogP contribution in [0.5, 0.6) is 0 Å². The van der Waals surface area contributed by atoms with Crippen molar-refractivity contribution in [3.8, 4) is 0 Å². The van der Waals surface area contributed by atoms with Gasteiger partial charge in [0.05, 0.1) is 0 Å². The molecule has 1 saturated carbocycles. The third kappa shape index (κ3) is 2.29. The summed E-state index contributed by atoms with van der Waals surface area (Å²) in [5.41, 5.74) is 0. The standard InChI is InChI=1S/C7H12BrNO/c1-5-4-6(5)9-7(10)2-3-8/h5-6H,2-4H2,1H3,(H,9,10). The summed E-state index contributed by atoms with van der Waals surface area (Å²) in [7, 11) is 0. The molecule has 2 atom stereocenters. The zero-order valence-electron chi connectivity index (χ0n) is 6.06. The number of rotatable bonds is 3. The lowest BCUT2D eigenvalue weighted by molar-refractivity contribution is -0.120. The Morgan fingerprint density at radius 1 is 1.80 bits per heavy atom. The van der Waals surface area contributed by atoms with Crippen LogP contribution in [0, 0.1) is 5.92 Å². The maximum absolute atomic E-state index is 10.9. The highest BCUT2D eigenvalue weighted by atomic mass is 79.9. The molecular weight excluding hydrogens is 194 g/mol. The monoisotopic (exact) mass is 205 g/mol. The summed E-state index contributed by atoms with van der Waals surface area (Å²) in [6.07, 6.45) is 1.76. The van der Waals surface area contributed by atoms with Crippen LogP contribution in [-0.2, 0) is 4.79 Å². The smallest absolute Gasteiger partial charge is 0.221 e. The second-order valence-corrected chi connectivity index (χ2v) is 3.62. The molecule has 0 aromatic heterocycles. The van der Waals surface area contributed by atoms with E-state index in [2.05, 4.69) is 28.2 Å². The van der Waals surface area contributed by atoms with Crippen molar-refractivity contribution in [2.45, 2.75) is 25.8 Å². The first-order valence-corrected chi connectivity index (χ1v) is 4.71. The van der Waals surface area contributed by atoms with Crippen LogP contribution in [-0.4, -0.2) is 17.3 Å². The van der Waals surface area contributed by atoms with Crippen LogP contribution in [0.1, 0.15) is 19.8 Å². The molecule has 1 N–H and O–H groups in total. The van der Waals surface area contributed by atoms with Gasteiger partial charge in [-0.3, -0.25) is 4.79 Å². The fraction of sp³-hybridized carbons (Fsp3) is 0.857. The lowest BCUT2D eigenvalue weighted by Crippen LogP contribution is -2.26. The summed E-state index contributed by atoms with van der Waals surface area (Å²) >= 11 is 3.21. The van der Waals surface area contributed by atoms with Crippen molar-refractivity contribution >= 4 is 21.8 Å². The predicted octanol–water partition coefficient (Wildman–Crippen LogP) is 1.30. The maximum Gasteiger partial charge on any atom is 0.221 e. The van der Waals surface area contributed by atoms with Crippen LogP contribution < -0.4 is 5.32 Å². The average molecular weight is 206 g/mol. The average Bonchev–Trinajstić information content (AvgIpc) is 2.47. The van der Waals surface area contributed by atoms with Gasteiger partial charge in [-0.05, 0) is 12.3 Å². The van der Waals surface area contributed by atoms with Crippen LogP contribution in [0.15, 0.2) is 0 Å². The number of carbonyl (C=O) groups excluding carboxylic acids is 1. The van der Waals surface area contributed by atoms with E-state index in [1.54, 1.807) is 0 Å². The summed E-state index contributed by atoms with van der Waals surface area (Å²) in [5.74, 6) is 0.880. The van der Waals surface area contributed by atoms with Gasteiger partial charge in [0.15, 0.2) is 0 Å². The van der Waals surface area contributed by atoms with Gasteiger partial charge in [0, 0.05) is 17.8 Å². The van der Waals surface area contributed by atoms with Crippen molar-refractivity contribution in [3.05, 3.63) is 0 Å². The van der Waals surface area contributed by atoms with Crippen molar-refractivity contribution in [1.82, 2.24) is 5.32 Å². The summed E-state index contributed by atoms with van der Waals surface area (Å²) < 4.78 is 0. The largest absolute Gasteiger partial charge is 0.353 e. The van der Waals surface area contributed by atoms with Gasteiger partial charge in [-0.1, -0.05) is 22.9 Å². The summed E-state index contributed by atoms with van der Waals surface area (Å²) in [6.45, 7) is 2.15. The Labute approximate surface area is 69.5 Å². The number of nitrogens with one attached hydrogen (secondary N) is 1. The van der Waals surface area contributed by atoms with Gasteiger partial charge in [-0.2, -0.15) is 0 Å². The van der Waals surface area contributed by atoms with E-state index in [1.165, 1.54) is 0 Å². The minimum absolute atomic E-state index is 0.172. The predicted molar refractivity (Wildman–Crippen MR) is 44.1 cm³/mol. The van der Waals surface area contributed by atoms with E-state index < -0.39 is 0 Å². The number of halogens is 1. The molecule has 10 heavy (non-hydrogen) atoms. The molecule has 0 spiro atoms. The van der Waals surface area contributed by atoms with E-state index in [0.717, 1.165) is 11.8 Å². The normalized spacial score (nSPS) is 29.8. The van der Waals surface area contributed by atoms with Crippen molar-refractivity contribution in [3.63, 3.8) is 0 Å². The molecule has 3 heteroatoms. The van der Waals surface area contributed by atoms with E-state index in [4.69, 9.17) is 0 Å². The zero-order chi connectivity index (χ0) is 7.56. The molecule has 1 amide bonds. The van der Waals surface area contributed by atoms with Gasteiger partial charge < -0.3 is 5.32 Å². The topological polar surface area (TPSA) is 29.1 Å². The first-order chi connectivity index (χ1) is 4.74. The Morgan fingerprint density at radius 3 is 2.80 bits per heavy atom. The third-order valence-electron chi connectivity index (χ3n) is 1.78. The lowest BCUT2D eigenvalue weighted by atomic mass is 10.4. The number of hydrogen-bond acceptors (Lipinski definition) is 1. The molecule has 1 fully saturated rings. The number of amides is 1. The van der Waals surface area contributed by atoms with Crippen LogP contribution >= 0.6 is 15.9 Å². The van der Waals surface area contributed by atoms with Crippen LogP contribution in [0.25, 0.3) is 0 Å². The Morgan fingerprint density at radius 2 is 2.40 bits per heavy atom. The molecular formula is C7H12BrNO. The molecule has 1 rings (SSSR count). The number of carbonyl (C=O) groups is 1. The Balaban J connectivity index is 2.07. The number of hydrogen-bond donors (Lipinski definition) is 1. The fourth-order valence-electron chi connectivity index (χ4n) is 0.888. The molecule has 0 heterocycles. The van der Waals surface area contributed by atoms with Gasteiger partial charge in [0.25, 0.3) is 0 Å². The molecule has 0 aliphatic heterocycles. The molecule has 2 nitrogen and oxygen atoms in total. The minimum Gasteiger partial charge on any atom is -0.353 e. The minimum atomic E-state index is 0.172. The molecule has 0 aromatic carbocycles. The van der Waals surface area contributed by atoms with Crippen LogP contribution in [0.3, 0.4) is 0 Å². The first-order valence-electron chi connectivity index (χ1n) is 3.59. The molecule has 2 unspecified atom stereocenters. The Bertz CT molecular complexity index is 138. The van der Waals surface area contributed by atoms with Gasteiger partial charge >= 0.3 is 0 Å². The lowest BCUT2D eigenvalue weighted by Gasteiger charge is -1.99. The summed E-state index contributed by atoms with van der Waals surface area (Å²) in [4.78, 5) is 10.9. The third-order valence-corrected chi connectivity index (χ3v) is 2.17. The molecule has 1 aliphatic rings. The van der Waals surface area contributed by atoms with Crippen LogP contribution in [0.2, 0.25) is 0 Å². The molecule has 0 aromatic rings. The second kappa shape index (κ2) is 3.37. The first kappa shape index (κ1) is 8.05. The molecule has 0 saturated heterocycles. The number of alkyl halides is 1.